The number of carbonyl (C=O) groups excluding carboxylic acids is 1. The van der Waals surface area contributed by atoms with Crippen LogP contribution in [-0.4, -0.2) is 23.5 Å². The molecular weight excluding hydrogens is 146 g/mol. The highest BCUT2D eigenvalue weighted by Crippen LogP contribution is 2.25. The summed E-state index contributed by atoms with van der Waals surface area (Å²) >= 11 is 0. The molecule has 1 aliphatic rings. The molecule has 0 radical (unpaired) electrons. The molecule has 1 rings (SSSR count). The molecule has 4 nitrogen and oxygen atoms in total. The van der Waals surface area contributed by atoms with Crippen LogP contribution in [0.15, 0.2) is 0 Å². The SMILES string of the molecule is O=CN[C@H]1CC[C@@H](C(=O)O)C1. The van der Waals surface area contributed by atoms with Crippen molar-refractivity contribution in [1.29, 1.82) is 0 Å². The lowest BCUT2D eigenvalue weighted by Gasteiger charge is -2.05. The smallest absolute Gasteiger partial charge is 0.306 e. The van der Waals surface area contributed by atoms with Crippen LogP contribution >= 0.6 is 0 Å². The Hall–Kier alpha value is -1.06. The van der Waals surface area contributed by atoms with Gasteiger partial charge in [-0.05, 0) is 19.3 Å². The fraction of sp³-hybridized carbons (Fsp3) is 0.714. The largest absolute Gasteiger partial charge is 0.481 e. The number of carboxylic acid groups (broad SMARTS) is 1. The molecule has 4 heteroatoms. The zero-order valence-corrected chi connectivity index (χ0v) is 6.12. The first kappa shape index (κ1) is 8.04. The zero-order valence-electron chi connectivity index (χ0n) is 6.12. The van der Waals surface area contributed by atoms with Crippen LogP contribution in [0.2, 0.25) is 0 Å². The number of carboxylic acids is 1. The van der Waals surface area contributed by atoms with Gasteiger partial charge in [0.2, 0.25) is 6.41 Å². The lowest BCUT2D eigenvalue weighted by atomic mass is 10.1. The maximum atomic E-state index is 10.4. The number of hydrogen-bond acceptors (Lipinski definition) is 2. The Balaban J connectivity index is 2.34. The van der Waals surface area contributed by atoms with Crippen molar-refractivity contribution in [3.63, 3.8) is 0 Å². The van der Waals surface area contributed by atoms with Crippen LogP contribution in [0.4, 0.5) is 0 Å². The number of hydrogen-bond donors (Lipinski definition) is 2. The first-order valence-electron chi connectivity index (χ1n) is 3.66. The van der Waals surface area contributed by atoms with E-state index in [-0.39, 0.29) is 12.0 Å². The monoisotopic (exact) mass is 157 g/mol. The summed E-state index contributed by atoms with van der Waals surface area (Å²) in [5, 5.41) is 11.2. The quantitative estimate of drug-likeness (QED) is 0.566. The topological polar surface area (TPSA) is 66.4 Å². The molecule has 11 heavy (non-hydrogen) atoms. The third kappa shape index (κ3) is 1.93. The summed E-state index contributed by atoms with van der Waals surface area (Å²) in [5.41, 5.74) is 0. The second-order valence-corrected chi connectivity index (χ2v) is 2.83. The second-order valence-electron chi connectivity index (χ2n) is 2.83. The van der Waals surface area contributed by atoms with Crippen LogP contribution < -0.4 is 5.32 Å². The van der Waals surface area contributed by atoms with E-state index in [1.807, 2.05) is 0 Å². The third-order valence-electron chi connectivity index (χ3n) is 2.09. The summed E-state index contributed by atoms with van der Waals surface area (Å²) in [7, 11) is 0. The lowest BCUT2D eigenvalue weighted by Crippen LogP contribution is -2.25. The van der Waals surface area contributed by atoms with Crippen LogP contribution in [-0.2, 0) is 9.59 Å². The van der Waals surface area contributed by atoms with Gasteiger partial charge in [0, 0.05) is 6.04 Å². The fourth-order valence-electron chi connectivity index (χ4n) is 1.45. The molecule has 1 aliphatic carbocycles. The highest BCUT2D eigenvalue weighted by atomic mass is 16.4. The van der Waals surface area contributed by atoms with Crippen molar-refractivity contribution in [3.05, 3.63) is 0 Å². The normalized spacial score (nSPS) is 29.8. The summed E-state index contributed by atoms with van der Waals surface area (Å²) in [5.74, 6) is -1.01. The fourth-order valence-corrected chi connectivity index (χ4v) is 1.45. The van der Waals surface area contributed by atoms with Crippen LogP contribution in [0.5, 0.6) is 0 Å². The van der Waals surface area contributed by atoms with Crippen molar-refractivity contribution >= 4 is 12.4 Å². The molecule has 0 heterocycles. The van der Waals surface area contributed by atoms with E-state index in [0.29, 0.717) is 19.3 Å². The van der Waals surface area contributed by atoms with E-state index in [1.54, 1.807) is 0 Å². The van der Waals surface area contributed by atoms with Gasteiger partial charge >= 0.3 is 5.97 Å². The van der Waals surface area contributed by atoms with Gasteiger partial charge in [-0.2, -0.15) is 0 Å². The predicted octanol–water partition coefficient (Wildman–Crippen LogP) is -0.0143. The van der Waals surface area contributed by atoms with Crippen molar-refractivity contribution in [1.82, 2.24) is 5.32 Å². The van der Waals surface area contributed by atoms with Crippen molar-refractivity contribution in [2.24, 2.45) is 5.92 Å². The lowest BCUT2D eigenvalue weighted by molar-refractivity contribution is -0.141. The Morgan fingerprint density at radius 2 is 2.27 bits per heavy atom. The molecule has 62 valence electrons. The highest BCUT2D eigenvalue weighted by Gasteiger charge is 2.28. The molecule has 1 amide bonds. The van der Waals surface area contributed by atoms with Gasteiger partial charge in [0.15, 0.2) is 0 Å². The van der Waals surface area contributed by atoms with Crippen molar-refractivity contribution in [3.8, 4) is 0 Å². The van der Waals surface area contributed by atoms with E-state index < -0.39 is 5.97 Å². The van der Waals surface area contributed by atoms with Gasteiger partial charge in [-0.15, -0.1) is 0 Å². The van der Waals surface area contributed by atoms with Gasteiger partial charge in [-0.25, -0.2) is 0 Å². The second kappa shape index (κ2) is 3.37. The molecule has 1 saturated carbocycles. The van der Waals surface area contributed by atoms with E-state index in [4.69, 9.17) is 5.11 Å². The molecule has 0 spiro atoms. The molecule has 0 unspecified atom stereocenters. The molecule has 0 aliphatic heterocycles. The third-order valence-corrected chi connectivity index (χ3v) is 2.09. The summed E-state index contributed by atoms with van der Waals surface area (Å²) in [6.45, 7) is 0. The Morgan fingerprint density at radius 1 is 1.55 bits per heavy atom. The van der Waals surface area contributed by atoms with E-state index in [2.05, 4.69) is 5.32 Å². The van der Waals surface area contributed by atoms with Gasteiger partial charge in [-0.3, -0.25) is 9.59 Å². The molecule has 0 aromatic carbocycles. The number of amides is 1. The van der Waals surface area contributed by atoms with E-state index in [1.165, 1.54) is 0 Å². The minimum absolute atomic E-state index is 0.0774. The van der Waals surface area contributed by atoms with Crippen LogP contribution in [0.25, 0.3) is 0 Å². The molecule has 0 saturated heterocycles. The first-order valence-corrected chi connectivity index (χ1v) is 3.66. The molecule has 2 atom stereocenters. The molecule has 2 N–H and O–H groups in total. The van der Waals surface area contributed by atoms with Crippen molar-refractivity contribution < 1.29 is 14.7 Å². The maximum absolute atomic E-state index is 10.4. The minimum Gasteiger partial charge on any atom is -0.481 e. The Kier molecular flexibility index (Phi) is 2.46. The summed E-state index contributed by atoms with van der Waals surface area (Å²) in [4.78, 5) is 20.4. The van der Waals surface area contributed by atoms with Crippen molar-refractivity contribution in [2.45, 2.75) is 25.3 Å². The number of aliphatic carboxylic acids is 1. The molecular formula is C7H11NO3. The van der Waals surface area contributed by atoms with Crippen LogP contribution in [0.3, 0.4) is 0 Å². The predicted molar refractivity (Wildman–Crippen MR) is 38.0 cm³/mol. The maximum Gasteiger partial charge on any atom is 0.306 e. The first-order chi connectivity index (χ1) is 5.24. The van der Waals surface area contributed by atoms with Gasteiger partial charge in [0.25, 0.3) is 0 Å². The van der Waals surface area contributed by atoms with Crippen LogP contribution in [0, 0.1) is 5.92 Å². The average molecular weight is 157 g/mol. The summed E-state index contributed by atoms with van der Waals surface area (Å²) in [6, 6.07) is 0.0774. The van der Waals surface area contributed by atoms with E-state index in [0.717, 1.165) is 6.42 Å². The Bertz CT molecular complexity index is 169. The minimum atomic E-state index is -0.750. The van der Waals surface area contributed by atoms with Gasteiger partial charge in [0.05, 0.1) is 5.92 Å². The van der Waals surface area contributed by atoms with Gasteiger partial charge in [-0.1, -0.05) is 0 Å². The molecule has 0 bridgehead atoms. The molecule has 0 aromatic rings. The molecule has 0 aromatic heterocycles. The number of nitrogens with one attached hydrogen (secondary N) is 1. The standard InChI is InChI=1S/C7H11NO3/c9-4-8-6-2-1-5(3-6)7(10)11/h4-6H,1-3H2,(H,8,9)(H,10,11)/t5-,6+/m1/s1. The average Bonchev–Trinajstić information content (AvgIpc) is 2.37. The van der Waals surface area contributed by atoms with E-state index in [9.17, 15) is 9.59 Å². The highest BCUT2D eigenvalue weighted by molar-refractivity contribution is 5.70. The zero-order chi connectivity index (χ0) is 8.27. The molecule has 1 fully saturated rings. The van der Waals surface area contributed by atoms with E-state index >= 15 is 0 Å². The van der Waals surface area contributed by atoms with Gasteiger partial charge in [0.1, 0.15) is 0 Å². The summed E-state index contributed by atoms with van der Waals surface area (Å²) in [6.07, 6.45) is 2.68. The Labute approximate surface area is 64.6 Å². The van der Waals surface area contributed by atoms with Gasteiger partial charge < -0.3 is 10.4 Å². The summed E-state index contributed by atoms with van der Waals surface area (Å²) < 4.78 is 0. The van der Waals surface area contributed by atoms with Crippen molar-refractivity contribution in [2.75, 3.05) is 0 Å². The van der Waals surface area contributed by atoms with Crippen LogP contribution in [0.1, 0.15) is 19.3 Å². The Morgan fingerprint density at radius 3 is 2.73 bits per heavy atom. The number of rotatable bonds is 3. The number of carbonyl (C=O) groups is 2.